The number of nitrogens with one attached hydrogen (secondary N) is 1. The first-order chi connectivity index (χ1) is 19.5. The monoisotopic (exact) mass is 676 g/mol. The molecule has 1 unspecified atom stereocenters. The molecule has 41 heavy (non-hydrogen) atoms. The minimum atomic E-state index is -0.962. The van der Waals surface area contributed by atoms with Crippen LogP contribution in [0.15, 0.2) is 72.3 Å². The fourth-order valence-corrected chi connectivity index (χ4v) is 4.24. The van der Waals surface area contributed by atoms with Crippen LogP contribution in [0.25, 0.3) is 11.0 Å². The zero-order chi connectivity index (χ0) is 29.5. The van der Waals surface area contributed by atoms with E-state index in [4.69, 9.17) is 23.8 Å². The van der Waals surface area contributed by atoms with E-state index in [9.17, 15) is 9.59 Å². The Bertz CT molecular complexity index is 1410. The van der Waals surface area contributed by atoms with E-state index in [2.05, 4.69) is 38.2 Å². The van der Waals surface area contributed by atoms with Gasteiger partial charge >= 0.3 is 12.1 Å². The molecule has 0 radical (unpaired) electrons. The number of hydrogen-bond donors (Lipinski definition) is 1. The standard InChI is InChI=1S/C29H33IN4O7/c1-28(2,3)41-27(36)31-24(26(35)38-18-21-13-15-29(30,37-4)16-14-21)17-20-9-11-22(12-10-20)39-19-40-34-25-8-6-5-7-23(25)32-33-34/h5-15,24H,16-19H2,1-4H3,(H,31,36)/t24-,29?/m1/s1. The second kappa shape index (κ2) is 13.3. The average molecular weight is 677 g/mol. The summed E-state index contributed by atoms with van der Waals surface area (Å²) >= 11 is 2.22. The van der Waals surface area contributed by atoms with E-state index < -0.39 is 27.3 Å². The molecule has 0 bridgehead atoms. The molecule has 11 nitrogen and oxygen atoms in total. The van der Waals surface area contributed by atoms with Crippen molar-refractivity contribution in [2.75, 3.05) is 20.5 Å². The fraction of sp³-hybridized carbons (Fsp3) is 0.379. The lowest BCUT2D eigenvalue weighted by molar-refractivity contribution is -0.145. The zero-order valence-corrected chi connectivity index (χ0v) is 25.5. The van der Waals surface area contributed by atoms with Gasteiger partial charge in [-0.3, -0.25) is 0 Å². The maximum absolute atomic E-state index is 13.1. The molecule has 2 aromatic carbocycles. The number of alkyl carbamates (subject to hydrolysis) is 1. The van der Waals surface area contributed by atoms with Crippen LogP contribution in [0.3, 0.4) is 0 Å². The Hall–Kier alpha value is -3.65. The normalized spacial score (nSPS) is 17.4. The number of carbonyl (C=O) groups excluding carboxylic acids is 2. The molecule has 0 spiro atoms. The second-order valence-corrected chi connectivity index (χ2v) is 12.1. The first kappa shape index (κ1) is 30.3. The predicted octanol–water partition coefficient (Wildman–Crippen LogP) is 4.54. The van der Waals surface area contributed by atoms with Crippen molar-refractivity contribution in [1.82, 2.24) is 20.5 Å². The third-order valence-corrected chi connectivity index (χ3v) is 7.21. The molecule has 1 aliphatic carbocycles. The first-order valence-electron chi connectivity index (χ1n) is 13.0. The molecule has 12 heteroatoms. The highest BCUT2D eigenvalue weighted by atomic mass is 127. The lowest BCUT2D eigenvalue weighted by Gasteiger charge is -2.25. The average Bonchev–Trinajstić information content (AvgIpc) is 3.35. The number of rotatable bonds is 11. The predicted molar refractivity (Wildman–Crippen MR) is 159 cm³/mol. The summed E-state index contributed by atoms with van der Waals surface area (Å²) in [6, 6.07) is 13.6. The first-order valence-corrected chi connectivity index (χ1v) is 14.1. The molecular formula is C29H33IN4O7. The number of ether oxygens (including phenoxy) is 4. The molecule has 0 saturated heterocycles. The Morgan fingerprint density at radius 2 is 1.90 bits per heavy atom. The molecule has 1 aliphatic rings. The molecule has 1 N–H and O–H groups in total. The topological polar surface area (TPSA) is 123 Å². The van der Waals surface area contributed by atoms with Gasteiger partial charge < -0.3 is 29.1 Å². The van der Waals surface area contributed by atoms with Crippen molar-refractivity contribution >= 4 is 45.7 Å². The van der Waals surface area contributed by atoms with Gasteiger partial charge in [0.2, 0.25) is 0 Å². The van der Waals surface area contributed by atoms with Gasteiger partial charge in [-0.05, 0) is 90.1 Å². The van der Waals surface area contributed by atoms with Crippen molar-refractivity contribution in [3.8, 4) is 5.75 Å². The maximum Gasteiger partial charge on any atom is 0.408 e. The van der Waals surface area contributed by atoms with E-state index in [1.807, 2.05) is 42.5 Å². The van der Waals surface area contributed by atoms with Crippen molar-refractivity contribution in [2.24, 2.45) is 0 Å². The van der Waals surface area contributed by atoms with E-state index in [0.717, 1.165) is 16.7 Å². The number of nitrogens with zero attached hydrogens (tertiary/aromatic N) is 3. The zero-order valence-electron chi connectivity index (χ0n) is 23.3. The second-order valence-electron chi connectivity index (χ2n) is 10.3. The van der Waals surface area contributed by atoms with Crippen LogP contribution in [-0.4, -0.2) is 63.0 Å². The highest BCUT2D eigenvalue weighted by Gasteiger charge is 2.27. The third-order valence-electron chi connectivity index (χ3n) is 5.97. The number of alkyl halides is 1. The van der Waals surface area contributed by atoms with Gasteiger partial charge in [0.25, 0.3) is 6.79 Å². The fourth-order valence-electron chi connectivity index (χ4n) is 3.84. The van der Waals surface area contributed by atoms with Gasteiger partial charge in [-0.2, -0.15) is 0 Å². The molecule has 0 aliphatic heterocycles. The summed E-state index contributed by atoms with van der Waals surface area (Å²) in [5.41, 5.74) is 2.35. The van der Waals surface area contributed by atoms with E-state index in [1.54, 1.807) is 52.1 Å². The van der Waals surface area contributed by atoms with Gasteiger partial charge in [0, 0.05) is 20.0 Å². The van der Waals surface area contributed by atoms with Gasteiger partial charge in [-0.25, -0.2) is 9.59 Å². The SMILES string of the molecule is COC1(I)C=CC(COC(=O)[C@@H](Cc2ccc(OCOn3nnc4ccccc43)cc2)NC(=O)OC(C)(C)C)=CC1. The number of halogens is 1. The van der Waals surface area contributed by atoms with Crippen LogP contribution in [0.1, 0.15) is 32.8 Å². The third kappa shape index (κ3) is 8.92. The number of carbonyl (C=O) groups is 2. The van der Waals surface area contributed by atoms with Crippen LogP contribution in [0.5, 0.6) is 5.75 Å². The number of esters is 1. The van der Waals surface area contributed by atoms with Gasteiger partial charge in [0.15, 0.2) is 0 Å². The Kier molecular flexibility index (Phi) is 9.86. The molecule has 0 saturated carbocycles. The van der Waals surface area contributed by atoms with Crippen molar-refractivity contribution in [3.63, 3.8) is 0 Å². The summed E-state index contributed by atoms with van der Waals surface area (Å²) in [6.45, 7) is 5.25. The molecule has 0 fully saturated rings. The summed E-state index contributed by atoms with van der Waals surface area (Å²) < 4.78 is 21.7. The molecule has 1 heterocycles. The van der Waals surface area contributed by atoms with Gasteiger partial charge in [-0.1, -0.05) is 41.3 Å². The molecule has 2 atom stereocenters. The molecule has 1 amide bonds. The molecular weight excluding hydrogens is 643 g/mol. The summed E-state index contributed by atoms with van der Waals surface area (Å²) in [7, 11) is 1.65. The van der Waals surface area contributed by atoms with E-state index in [0.29, 0.717) is 17.7 Å². The van der Waals surface area contributed by atoms with Crippen LogP contribution in [0.4, 0.5) is 4.79 Å². The number of fused-ring (bicyclic) bond motifs is 1. The smallest absolute Gasteiger partial charge is 0.408 e. The summed E-state index contributed by atoms with van der Waals surface area (Å²) in [5, 5.41) is 10.6. The number of hydrogen-bond acceptors (Lipinski definition) is 9. The molecule has 4 rings (SSSR count). The molecule has 1 aromatic heterocycles. The Morgan fingerprint density at radius 1 is 1.15 bits per heavy atom. The molecule has 218 valence electrons. The Labute approximate surface area is 251 Å². The van der Waals surface area contributed by atoms with Crippen molar-refractivity contribution in [3.05, 3.63) is 77.9 Å². The van der Waals surface area contributed by atoms with Crippen LogP contribution < -0.4 is 14.9 Å². The van der Waals surface area contributed by atoms with Gasteiger partial charge in [-0.15, -0.1) is 5.10 Å². The van der Waals surface area contributed by atoms with E-state index in [-0.39, 0.29) is 19.8 Å². The minimum Gasteiger partial charge on any atom is -0.459 e. The maximum atomic E-state index is 13.1. The quantitative estimate of drug-likeness (QED) is 0.135. The number of aromatic nitrogens is 3. The van der Waals surface area contributed by atoms with E-state index in [1.165, 1.54) is 4.85 Å². The van der Waals surface area contributed by atoms with Crippen molar-refractivity contribution in [1.29, 1.82) is 0 Å². The van der Waals surface area contributed by atoms with Crippen LogP contribution in [0, 0.1) is 0 Å². The van der Waals surface area contributed by atoms with Gasteiger partial charge in [0.05, 0.1) is 0 Å². The van der Waals surface area contributed by atoms with Crippen LogP contribution in [0.2, 0.25) is 0 Å². The highest BCUT2D eigenvalue weighted by Crippen LogP contribution is 2.31. The Balaban J connectivity index is 1.34. The largest absolute Gasteiger partial charge is 0.459 e. The summed E-state index contributed by atoms with van der Waals surface area (Å²) in [5.74, 6) is -0.0205. The number of methoxy groups -OCH3 is 1. The summed E-state index contributed by atoms with van der Waals surface area (Å²) in [6.07, 6.45) is 5.90. The minimum absolute atomic E-state index is 0.0755. The number of amides is 1. The van der Waals surface area contributed by atoms with Gasteiger partial charge in [0.1, 0.15) is 38.6 Å². The lowest BCUT2D eigenvalue weighted by atomic mass is 10.0. The van der Waals surface area contributed by atoms with Crippen molar-refractivity contribution < 1.29 is 33.4 Å². The van der Waals surface area contributed by atoms with Crippen LogP contribution >= 0.6 is 22.6 Å². The highest BCUT2D eigenvalue weighted by molar-refractivity contribution is 14.1. The van der Waals surface area contributed by atoms with Crippen LogP contribution in [-0.2, 0) is 25.4 Å². The number of para-hydroxylation sites is 1. The Morgan fingerprint density at radius 3 is 2.59 bits per heavy atom. The summed E-state index contributed by atoms with van der Waals surface area (Å²) in [4.78, 5) is 32.4. The molecule has 3 aromatic rings. The van der Waals surface area contributed by atoms with Crippen molar-refractivity contribution in [2.45, 2.75) is 48.9 Å². The van der Waals surface area contributed by atoms with E-state index >= 15 is 0 Å². The lowest BCUT2D eigenvalue weighted by Crippen LogP contribution is -2.45. The number of benzene rings is 2.